The summed E-state index contributed by atoms with van der Waals surface area (Å²) in [6.07, 6.45) is 4.66. The third-order valence-electron chi connectivity index (χ3n) is 11.5. The smallest absolute Gasteiger partial charge is 0.174 e. The molecular weight excluding hydrogens is 588 g/mol. The Labute approximate surface area is 278 Å². The van der Waals surface area contributed by atoms with E-state index in [2.05, 4.69) is 61.7 Å². The molecule has 5 atom stereocenters. The molecule has 1 saturated heterocycles. The molecule has 2 bridgehead atoms. The summed E-state index contributed by atoms with van der Waals surface area (Å²) in [5, 5.41) is 22.1. The van der Waals surface area contributed by atoms with E-state index >= 15 is 0 Å². The van der Waals surface area contributed by atoms with Crippen molar-refractivity contribution in [2.45, 2.75) is 87.0 Å². The van der Waals surface area contributed by atoms with Crippen LogP contribution in [0, 0.1) is 0 Å². The molecule has 1 unspecified atom stereocenters. The first-order valence-corrected chi connectivity index (χ1v) is 17.0. The average molecular weight is 637 g/mol. The Morgan fingerprint density at radius 2 is 1.72 bits per heavy atom. The number of aliphatic hydroxyl groups is 1. The van der Waals surface area contributed by atoms with Crippen LogP contribution in [0.4, 0.5) is 0 Å². The first-order chi connectivity index (χ1) is 22.5. The van der Waals surface area contributed by atoms with E-state index in [0.29, 0.717) is 43.9 Å². The van der Waals surface area contributed by atoms with Crippen molar-refractivity contribution < 1.29 is 24.5 Å². The summed E-state index contributed by atoms with van der Waals surface area (Å²) in [6.45, 7) is 9.51. The third-order valence-corrected chi connectivity index (χ3v) is 11.5. The van der Waals surface area contributed by atoms with E-state index in [9.17, 15) is 19.8 Å². The highest BCUT2D eigenvalue weighted by molar-refractivity contribution is 5.94. The maximum atomic E-state index is 13.2. The van der Waals surface area contributed by atoms with E-state index in [4.69, 9.17) is 4.74 Å². The number of ketones is 2. The molecule has 2 heterocycles. The number of benzene rings is 3. The maximum Gasteiger partial charge on any atom is 0.174 e. The minimum Gasteiger partial charge on any atom is -0.504 e. The lowest BCUT2D eigenvalue weighted by molar-refractivity contribution is -0.187. The van der Waals surface area contributed by atoms with Crippen LogP contribution in [0.15, 0.2) is 85.5 Å². The van der Waals surface area contributed by atoms with E-state index < -0.39 is 22.5 Å². The van der Waals surface area contributed by atoms with Crippen molar-refractivity contribution in [3.05, 3.63) is 108 Å². The zero-order valence-electron chi connectivity index (χ0n) is 28.1. The monoisotopic (exact) mass is 636 g/mol. The van der Waals surface area contributed by atoms with Crippen LogP contribution in [0.5, 0.6) is 11.5 Å². The molecule has 1 spiro atoms. The van der Waals surface area contributed by atoms with Gasteiger partial charge in [0.05, 0.1) is 16.4 Å². The summed E-state index contributed by atoms with van der Waals surface area (Å²) in [5.74, 6) is 0.809. The summed E-state index contributed by atoms with van der Waals surface area (Å²) >= 11 is 0. The predicted octanol–water partition coefficient (Wildman–Crippen LogP) is 5.59. The molecule has 3 aromatic rings. The molecule has 7 heteroatoms. The third kappa shape index (κ3) is 5.06. The number of phenolic OH excluding ortho intramolecular Hbond substituents is 1. The van der Waals surface area contributed by atoms with Crippen LogP contribution < -0.4 is 4.74 Å². The Kier molecular flexibility index (Phi) is 8.94. The summed E-state index contributed by atoms with van der Waals surface area (Å²) in [7, 11) is 4.14. The second-order valence-corrected chi connectivity index (χ2v) is 14.0. The van der Waals surface area contributed by atoms with Crippen LogP contribution in [-0.2, 0) is 26.8 Å². The number of phenols is 1. The Balaban J connectivity index is 0.000000165. The van der Waals surface area contributed by atoms with Crippen molar-refractivity contribution in [1.82, 2.24) is 9.80 Å². The summed E-state index contributed by atoms with van der Waals surface area (Å²) in [6, 6.07) is 24.3. The lowest BCUT2D eigenvalue weighted by atomic mass is 9.49. The van der Waals surface area contributed by atoms with E-state index in [0.717, 1.165) is 41.8 Å². The first kappa shape index (κ1) is 33.1. The molecule has 7 rings (SSSR count). The van der Waals surface area contributed by atoms with Gasteiger partial charge < -0.3 is 19.8 Å². The summed E-state index contributed by atoms with van der Waals surface area (Å²) < 4.78 is 5.98. The molecule has 248 valence electrons. The number of piperidine rings is 1. The highest BCUT2D eigenvalue weighted by atomic mass is 16.5. The molecule has 2 aliphatic heterocycles. The molecule has 7 nitrogen and oxygen atoms in total. The standard InChI is InChI=1S/C21H27NO.C19H21NO4/c1-5-20(23)21(16-17(2)22(3)4,18-12-8-6-9-13-18)19-14-10-7-11-15-19;1-2-8-20-9-7-18-15-11-3-4-12(21)16(15)24-17(18)13(22)5-6-19(18,23)14(20)10-11/h6-15,17H,5,16H2,1-4H3;2-4,14,17,21,23H,1,5-10H2/t;14-,17+,18+,19-/m.1/s1. The number of nitrogens with zero attached hydrogens (tertiary/aromatic N) is 2. The highest BCUT2D eigenvalue weighted by Crippen LogP contribution is 2.64. The van der Waals surface area contributed by atoms with Gasteiger partial charge in [0.15, 0.2) is 23.4 Å². The lowest BCUT2D eigenvalue weighted by Gasteiger charge is -2.62. The van der Waals surface area contributed by atoms with Crippen molar-refractivity contribution in [1.29, 1.82) is 0 Å². The normalized spacial score (nSPS) is 26.5. The van der Waals surface area contributed by atoms with E-state index in [-0.39, 0.29) is 23.4 Å². The maximum absolute atomic E-state index is 13.2. The zero-order valence-corrected chi connectivity index (χ0v) is 28.1. The predicted molar refractivity (Wildman–Crippen MR) is 184 cm³/mol. The number of likely N-dealkylation sites (tertiary alicyclic amines) is 1. The highest BCUT2D eigenvalue weighted by Gasteiger charge is 2.73. The molecule has 47 heavy (non-hydrogen) atoms. The van der Waals surface area contributed by atoms with Gasteiger partial charge in [-0.25, -0.2) is 0 Å². The van der Waals surface area contributed by atoms with Crippen LogP contribution in [0.1, 0.15) is 68.2 Å². The van der Waals surface area contributed by atoms with Gasteiger partial charge in [0.25, 0.3) is 0 Å². The van der Waals surface area contributed by atoms with Crippen LogP contribution in [-0.4, -0.2) is 82.6 Å². The SMILES string of the molecule is C=CCN1CC[C@]23c4c5ccc(O)c4O[C@H]2C(=O)CC[C@@]3(O)[C@H]1C5.CCC(=O)C(CC(C)N(C)C)(c1ccccc1)c1ccccc1. The molecule has 2 fully saturated rings. The minimum absolute atomic E-state index is 0.0408. The van der Waals surface area contributed by atoms with Crippen molar-refractivity contribution in [3.8, 4) is 11.5 Å². The Bertz CT molecular complexity index is 1600. The van der Waals surface area contributed by atoms with Crippen LogP contribution in [0.2, 0.25) is 0 Å². The summed E-state index contributed by atoms with van der Waals surface area (Å²) in [4.78, 5) is 30.3. The van der Waals surface area contributed by atoms with Gasteiger partial charge in [0, 0.05) is 43.6 Å². The van der Waals surface area contributed by atoms with Gasteiger partial charge >= 0.3 is 0 Å². The first-order valence-electron chi connectivity index (χ1n) is 17.0. The summed E-state index contributed by atoms with van der Waals surface area (Å²) in [5.41, 5.74) is 1.85. The van der Waals surface area contributed by atoms with E-state index in [1.165, 1.54) is 0 Å². The molecule has 2 N–H and O–H groups in total. The van der Waals surface area contributed by atoms with E-state index in [1.807, 2.05) is 55.5 Å². The van der Waals surface area contributed by atoms with Crippen molar-refractivity contribution in [3.63, 3.8) is 0 Å². The molecule has 4 aliphatic rings. The number of Topliss-reactive ketones (excluding diaryl/α,β-unsaturated/α-hetero) is 2. The van der Waals surface area contributed by atoms with Crippen LogP contribution >= 0.6 is 0 Å². The number of rotatable bonds is 9. The Morgan fingerprint density at radius 3 is 2.30 bits per heavy atom. The molecule has 2 aliphatic carbocycles. The van der Waals surface area contributed by atoms with Gasteiger partial charge in [-0.1, -0.05) is 79.7 Å². The fraction of sp³-hybridized carbons (Fsp3) is 0.450. The molecule has 0 aromatic heterocycles. The molecule has 3 aromatic carbocycles. The largest absolute Gasteiger partial charge is 0.504 e. The topological polar surface area (TPSA) is 90.3 Å². The second kappa shape index (κ2) is 12.7. The van der Waals surface area contributed by atoms with Gasteiger partial charge in [-0.3, -0.25) is 14.5 Å². The Morgan fingerprint density at radius 1 is 1.09 bits per heavy atom. The molecule has 0 amide bonds. The average Bonchev–Trinajstić information content (AvgIpc) is 3.45. The van der Waals surface area contributed by atoms with Crippen molar-refractivity contribution >= 4 is 11.6 Å². The lowest BCUT2D eigenvalue weighted by Crippen LogP contribution is -2.76. The molecule has 1 saturated carbocycles. The minimum atomic E-state index is -1.00. The van der Waals surface area contributed by atoms with Gasteiger partial charge in [-0.15, -0.1) is 6.58 Å². The number of hydrogen-bond donors (Lipinski definition) is 2. The number of ether oxygens (including phenoxy) is 1. The van der Waals surface area contributed by atoms with Crippen LogP contribution in [0.3, 0.4) is 0 Å². The van der Waals surface area contributed by atoms with Gasteiger partial charge in [-0.2, -0.15) is 0 Å². The Hall–Kier alpha value is -3.78. The number of carbonyl (C=O) groups excluding carboxylic acids is 2. The number of aromatic hydroxyl groups is 1. The fourth-order valence-electron chi connectivity index (χ4n) is 9.01. The molecular formula is C40H48N2O5. The number of carbonyl (C=O) groups is 2. The molecule has 0 radical (unpaired) electrons. The van der Waals surface area contributed by atoms with Crippen molar-refractivity contribution in [2.24, 2.45) is 0 Å². The van der Waals surface area contributed by atoms with E-state index in [1.54, 1.807) is 6.07 Å². The van der Waals surface area contributed by atoms with Gasteiger partial charge in [-0.05, 0) is 69.5 Å². The second-order valence-electron chi connectivity index (χ2n) is 14.0. The fourth-order valence-corrected chi connectivity index (χ4v) is 9.01. The number of hydrogen-bond acceptors (Lipinski definition) is 7. The van der Waals surface area contributed by atoms with Crippen molar-refractivity contribution in [2.75, 3.05) is 27.2 Å². The van der Waals surface area contributed by atoms with Gasteiger partial charge in [0.1, 0.15) is 5.78 Å². The quantitative estimate of drug-likeness (QED) is 0.296. The van der Waals surface area contributed by atoms with Gasteiger partial charge in [0.2, 0.25) is 0 Å². The zero-order chi connectivity index (χ0) is 33.6. The van der Waals surface area contributed by atoms with Crippen LogP contribution in [0.25, 0.3) is 0 Å².